The second-order valence-corrected chi connectivity index (χ2v) is 5.42. The molecule has 2 aromatic rings. The van der Waals surface area contributed by atoms with Gasteiger partial charge in [-0.1, -0.05) is 6.92 Å². The molecule has 9 heteroatoms. The molecule has 2 heterocycles. The van der Waals surface area contributed by atoms with Crippen LogP contribution in [0.2, 0.25) is 0 Å². The van der Waals surface area contributed by atoms with Crippen LogP contribution in [-0.2, 0) is 6.54 Å². The summed E-state index contributed by atoms with van der Waals surface area (Å²) in [5, 5.41) is 24.1. The van der Waals surface area contributed by atoms with Crippen LogP contribution in [0.1, 0.15) is 35.0 Å². The number of hydrogen-bond donors (Lipinski definition) is 2. The first-order valence-corrected chi connectivity index (χ1v) is 7.17. The Bertz CT molecular complexity index is 737. The average molecular weight is 309 g/mol. The summed E-state index contributed by atoms with van der Waals surface area (Å²) in [6, 6.07) is 0. The van der Waals surface area contributed by atoms with E-state index in [4.69, 9.17) is 0 Å². The predicted molar refractivity (Wildman–Crippen MR) is 75.7 cm³/mol. The van der Waals surface area contributed by atoms with Gasteiger partial charge in [0.15, 0.2) is 5.16 Å². The minimum atomic E-state index is -1.08. The van der Waals surface area contributed by atoms with E-state index in [1.165, 1.54) is 4.57 Å². The number of hydrogen-bond acceptors (Lipinski definition) is 6. The van der Waals surface area contributed by atoms with Crippen molar-refractivity contribution in [2.45, 2.75) is 43.9 Å². The van der Waals surface area contributed by atoms with Gasteiger partial charge >= 0.3 is 11.7 Å². The zero-order valence-electron chi connectivity index (χ0n) is 11.9. The molecule has 0 aromatic carbocycles. The molecule has 0 saturated carbocycles. The third kappa shape index (κ3) is 2.97. The van der Waals surface area contributed by atoms with E-state index in [1.807, 2.05) is 6.92 Å². The highest BCUT2D eigenvalue weighted by Gasteiger charge is 2.21. The van der Waals surface area contributed by atoms with Crippen LogP contribution in [-0.4, -0.2) is 36.0 Å². The molecule has 0 fully saturated rings. The molecule has 0 radical (unpaired) electrons. The summed E-state index contributed by atoms with van der Waals surface area (Å²) in [5.74, 6) is -1.08. The highest BCUT2D eigenvalue weighted by molar-refractivity contribution is 7.99. The van der Waals surface area contributed by atoms with Gasteiger partial charge in [0.1, 0.15) is 5.03 Å². The fraction of sp³-hybridized carbons (Fsp3) is 0.417. The molecule has 2 N–H and O–H groups in total. The molecule has 0 amide bonds. The minimum absolute atomic E-state index is 0.0889. The highest BCUT2D eigenvalue weighted by Crippen LogP contribution is 2.28. The van der Waals surface area contributed by atoms with Crippen LogP contribution in [0.4, 0.5) is 0 Å². The van der Waals surface area contributed by atoms with Crippen LogP contribution >= 0.6 is 11.8 Å². The van der Waals surface area contributed by atoms with Crippen molar-refractivity contribution < 1.29 is 9.90 Å². The van der Waals surface area contributed by atoms with E-state index in [-0.39, 0.29) is 16.3 Å². The first-order chi connectivity index (χ1) is 9.95. The molecule has 112 valence electrons. The van der Waals surface area contributed by atoms with E-state index in [9.17, 15) is 14.7 Å². The van der Waals surface area contributed by atoms with E-state index in [0.717, 1.165) is 18.2 Å². The lowest BCUT2D eigenvalue weighted by Gasteiger charge is -2.08. The fourth-order valence-corrected chi connectivity index (χ4v) is 2.77. The van der Waals surface area contributed by atoms with Crippen LogP contribution < -0.4 is 5.69 Å². The van der Waals surface area contributed by atoms with Crippen molar-refractivity contribution in [1.29, 1.82) is 0 Å². The number of rotatable bonds is 5. The number of aromatic amines is 1. The number of carboxylic acids is 1. The van der Waals surface area contributed by atoms with Gasteiger partial charge < -0.3 is 5.11 Å². The number of H-pyrrole nitrogens is 1. The second-order valence-electron chi connectivity index (χ2n) is 4.46. The lowest BCUT2D eigenvalue weighted by atomic mass is 10.1. The Hall–Kier alpha value is -2.16. The van der Waals surface area contributed by atoms with Crippen LogP contribution in [0.3, 0.4) is 0 Å². The minimum Gasteiger partial charge on any atom is -0.478 e. The van der Waals surface area contributed by atoms with Gasteiger partial charge in [0.05, 0.1) is 11.3 Å². The first-order valence-electron chi connectivity index (χ1n) is 6.36. The Morgan fingerprint density at radius 3 is 2.71 bits per heavy atom. The van der Waals surface area contributed by atoms with Crippen LogP contribution in [0.25, 0.3) is 0 Å². The molecular weight excluding hydrogens is 294 g/mol. The zero-order valence-corrected chi connectivity index (χ0v) is 12.7. The SMILES string of the molecule is CCCn1c(Sc2nnc(C)c(C)c2C(=O)O)n[nH]c1=O. The Labute approximate surface area is 124 Å². The Balaban J connectivity index is 2.48. The number of aryl methyl sites for hydroxylation is 1. The topological polar surface area (TPSA) is 114 Å². The summed E-state index contributed by atoms with van der Waals surface area (Å²) in [5.41, 5.74) is 0.878. The monoisotopic (exact) mass is 309 g/mol. The molecule has 0 aliphatic heterocycles. The lowest BCUT2D eigenvalue weighted by Crippen LogP contribution is -2.17. The largest absolute Gasteiger partial charge is 0.478 e. The van der Waals surface area contributed by atoms with Gasteiger partial charge in [0.2, 0.25) is 0 Å². The van der Waals surface area contributed by atoms with Crippen molar-refractivity contribution in [3.05, 3.63) is 27.3 Å². The standard InChI is InChI=1S/C12H15N5O3S/c1-4-5-17-11(20)15-16-12(17)21-9-8(10(18)19)6(2)7(3)13-14-9/h4-5H2,1-3H3,(H,15,20)(H,18,19). The predicted octanol–water partition coefficient (Wildman–Crippen LogP) is 1.24. The lowest BCUT2D eigenvalue weighted by molar-refractivity contribution is 0.0690. The van der Waals surface area contributed by atoms with Gasteiger partial charge in [0, 0.05) is 6.54 Å². The average Bonchev–Trinajstić information content (AvgIpc) is 2.76. The summed E-state index contributed by atoms with van der Waals surface area (Å²) < 4.78 is 1.45. The molecular formula is C12H15N5O3S. The normalized spacial score (nSPS) is 10.8. The number of aromatic carboxylic acids is 1. The van der Waals surface area contributed by atoms with E-state index < -0.39 is 5.97 Å². The number of nitrogens with zero attached hydrogens (tertiary/aromatic N) is 4. The van der Waals surface area contributed by atoms with Gasteiger partial charge in [-0.25, -0.2) is 14.7 Å². The molecule has 0 aliphatic carbocycles. The van der Waals surface area contributed by atoms with Crippen molar-refractivity contribution in [1.82, 2.24) is 25.0 Å². The quantitative estimate of drug-likeness (QED) is 0.854. The maximum Gasteiger partial charge on any atom is 0.343 e. The fourth-order valence-electron chi connectivity index (χ4n) is 1.80. The summed E-state index contributed by atoms with van der Waals surface area (Å²) in [6.45, 7) is 5.82. The summed E-state index contributed by atoms with van der Waals surface area (Å²) in [7, 11) is 0. The highest BCUT2D eigenvalue weighted by atomic mass is 32.2. The van der Waals surface area contributed by atoms with E-state index in [0.29, 0.717) is 23.0 Å². The van der Waals surface area contributed by atoms with Gasteiger partial charge in [-0.15, -0.1) is 10.2 Å². The Kier molecular flexibility index (Phi) is 4.41. The number of nitrogens with one attached hydrogen (secondary N) is 1. The second kappa shape index (κ2) is 6.08. The maximum atomic E-state index is 11.6. The molecule has 21 heavy (non-hydrogen) atoms. The summed E-state index contributed by atoms with van der Waals surface area (Å²) in [4.78, 5) is 23.1. The molecule has 2 rings (SSSR count). The summed E-state index contributed by atoms with van der Waals surface area (Å²) >= 11 is 1.02. The number of carboxylic acid groups (broad SMARTS) is 1. The van der Waals surface area contributed by atoms with E-state index in [1.54, 1.807) is 13.8 Å². The molecule has 0 bridgehead atoms. The molecule has 0 saturated heterocycles. The van der Waals surface area contributed by atoms with Crippen LogP contribution in [0.5, 0.6) is 0 Å². The molecule has 0 aliphatic rings. The molecule has 0 spiro atoms. The van der Waals surface area contributed by atoms with Gasteiger partial charge in [0.25, 0.3) is 0 Å². The maximum absolute atomic E-state index is 11.6. The molecule has 0 atom stereocenters. The molecule has 0 unspecified atom stereocenters. The van der Waals surface area contributed by atoms with E-state index >= 15 is 0 Å². The zero-order chi connectivity index (χ0) is 15.6. The van der Waals surface area contributed by atoms with Crippen molar-refractivity contribution in [3.63, 3.8) is 0 Å². The number of aromatic nitrogens is 5. The third-order valence-corrected chi connectivity index (χ3v) is 3.97. The molecule has 2 aromatic heterocycles. The number of carbonyl (C=O) groups is 1. The van der Waals surface area contributed by atoms with Gasteiger partial charge in [-0.05, 0) is 37.6 Å². The smallest absolute Gasteiger partial charge is 0.343 e. The van der Waals surface area contributed by atoms with Crippen molar-refractivity contribution in [3.8, 4) is 0 Å². The molecule has 8 nitrogen and oxygen atoms in total. The van der Waals surface area contributed by atoms with Gasteiger partial charge in [-0.3, -0.25) is 4.57 Å². The van der Waals surface area contributed by atoms with Crippen molar-refractivity contribution >= 4 is 17.7 Å². The van der Waals surface area contributed by atoms with Gasteiger partial charge in [-0.2, -0.15) is 5.10 Å². The van der Waals surface area contributed by atoms with E-state index in [2.05, 4.69) is 20.4 Å². The summed E-state index contributed by atoms with van der Waals surface area (Å²) in [6.07, 6.45) is 0.761. The van der Waals surface area contributed by atoms with Crippen molar-refractivity contribution in [2.75, 3.05) is 0 Å². The van der Waals surface area contributed by atoms with Crippen LogP contribution in [0, 0.1) is 13.8 Å². The van der Waals surface area contributed by atoms with Crippen molar-refractivity contribution in [2.24, 2.45) is 0 Å². The third-order valence-electron chi connectivity index (χ3n) is 2.99. The van der Waals surface area contributed by atoms with Crippen LogP contribution in [0.15, 0.2) is 15.0 Å². The Morgan fingerprint density at radius 1 is 1.38 bits per heavy atom. The first kappa shape index (κ1) is 15.2. The Morgan fingerprint density at radius 2 is 2.10 bits per heavy atom.